The predicted octanol–water partition coefficient (Wildman–Crippen LogP) is 4.43. The molecule has 3 aromatic rings. The third kappa shape index (κ3) is 6.15. The summed E-state index contributed by atoms with van der Waals surface area (Å²) in [6.45, 7) is 8.75. The Balaban J connectivity index is 1.97. The number of halogens is 1. The largest absolute Gasteiger partial charge is 0.461 e. The zero-order valence-electron chi connectivity index (χ0n) is 19.7. The molecule has 0 bridgehead atoms. The fourth-order valence-electron chi connectivity index (χ4n) is 3.18. The van der Waals surface area contributed by atoms with Crippen LogP contribution in [-0.2, 0) is 21.4 Å². The average Bonchev–Trinajstić information content (AvgIpc) is 3.24. The molecule has 2 heterocycles. The fourth-order valence-corrected chi connectivity index (χ4v) is 3.18. The maximum atomic E-state index is 14.5. The molecule has 1 N–H and O–H groups in total. The number of esters is 1. The van der Waals surface area contributed by atoms with Crippen molar-refractivity contribution in [3.8, 4) is 11.5 Å². The first-order chi connectivity index (χ1) is 16.0. The van der Waals surface area contributed by atoms with Crippen molar-refractivity contribution in [1.82, 2.24) is 20.5 Å². The summed E-state index contributed by atoms with van der Waals surface area (Å²) in [6.07, 6.45) is 0.500. The van der Waals surface area contributed by atoms with Crippen LogP contribution < -0.4 is 5.32 Å². The van der Waals surface area contributed by atoms with E-state index < -0.39 is 29.0 Å². The molecule has 0 aliphatic rings. The fraction of sp³-hybridized carbons (Fsp3) is 0.375. The first-order valence-electron chi connectivity index (χ1n) is 10.7. The Morgan fingerprint density at radius 3 is 2.47 bits per heavy atom. The second-order valence-electron chi connectivity index (χ2n) is 8.80. The monoisotopic (exact) mass is 470 g/mol. The van der Waals surface area contributed by atoms with E-state index in [2.05, 4.69) is 20.5 Å². The van der Waals surface area contributed by atoms with E-state index in [0.29, 0.717) is 6.42 Å². The summed E-state index contributed by atoms with van der Waals surface area (Å²) >= 11 is 0. The van der Waals surface area contributed by atoms with E-state index in [1.807, 2.05) is 30.3 Å². The molecule has 1 unspecified atom stereocenters. The Morgan fingerprint density at radius 2 is 1.82 bits per heavy atom. The summed E-state index contributed by atoms with van der Waals surface area (Å²) in [5.41, 5.74) is -1.22. The quantitative estimate of drug-likeness (QED) is 0.504. The van der Waals surface area contributed by atoms with Gasteiger partial charge in [0.1, 0.15) is 16.8 Å². The van der Waals surface area contributed by atoms with Crippen molar-refractivity contribution in [3.05, 3.63) is 65.6 Å². The molecule has 1 atom stereocenters. The van der Waals surface area contributed by atoms with Crippen LogP contribution in [0.25, 0.3) is 11.5 Å². The minimum atomic E-state index is -1.18. The lowest BCUT2D eigenvalue weighted by Crippen LogP contribution is -2.47. The van der Waals surface area contributed by atoms with Crippen molar-refractivity contribution in [1.29, 1.82) is 0 Å². The molecule has 0 aliphatic carbocycles. The molecule has 0 spiro atoms. The number of benzene rings is 1. The molecule has 10 heteroatoms. The van der Waals surface area contributed by atoms with Crippen LogP contribution in [0.1, 0.15) is 56.6 Å². The Labute approximate surface area is 196 Å². The van der Waals surface area contributed by atoms with Gasteiger partial charge in [-0.25, -0.2) is 19.0 Å². The van der Waals surface area contributed by atoms with Gasteiger partial charge in [-0.2, -0.15) is 0 Å². The van der Waals surface area contributed by atoms with Crippen LogP contribution in [-0.4, -0.2) is 39.5 Å². The number of carbonyl (C=O) groups excluding carboxylic acids is 2. The molecule has 2 aromatic heterocycles. The second kappa shape index (κ2) is 9.98. The van der Waals surface area contributed by atoms with Crippen molar-refractivity contribution in [3.63, 3.8) is 0 Å². The molecule has 1 amide bonds. The Morgan fingerprint density at radius 1 is 1.12 bits per heavy atom. The molecule has 1 aromatic carbocycles. The number of alkyl carbamates (subject to hydrolysis) is 1. The van der Waals surface area contributed by atoms with Crippen molar-refractivity contribution in [2.24, 2.45) is 0 Å². The summed E-state index contributed by atoms with van der Waals surface area (Å²) in [5, 5.41) is 10.8. The Hall–Kier alpha value is -3.82. The summed E-state index contributed by atoms with van der Waals surface area (Å²) in [4.78, 5) is 28.4. The predicted molar refractivity (Wildman–Crippen MR) is 120 cm³/mol. The number of nitrogens with zero attached hydrogens (tertiary/aromatic N) is 3. The smallest absolute Gasteiger partial charge is 0.408 e. The van der Waals surface area contributed by atoms with Crippen LogP contribution in [0.5, 0.6) is 0 Å². The van der Waals surface area contributed by atoms with E-state index in [0.717, 1.165) is 11.8 Å². The van der Waals surface area contributed by atoms with Crippen LogP contribution >= 0.6 is 0 Å². The number of amides is 1. The van der Waals surface area contributed by atoms with Gasteiger partial charge < -0.3 is 19.2 Å². The van der Waals surface area contributed by atoms with Gasteiger partial charge in [0.05, 0.1) is 18.4 Å². The number of nitrogens with one attached hydrogen (secondary N) is 1. The van der Waals surface area contributed by atoms with Gasteiger partial charge in [0.25, 0.3) is 5.89 Å². The first-order valence-corrected chi connectivity index (χ1v) is 10.7. The molecule has 0 fully saturated rings. The summed E-state index contributed by atoms with van der Waals surface area (Å²) in [6, 6.07) is 10.6. The van der Waals surface area contributed by atoms with Crippen molar-refractivity contribution >= 4 is 12.1 Å². The minimum Gasteiger partial charge on any atom is -0.461 e. The molecule has 0 saturated heterocycles. The summed E-state index contributed by atoms with van der Waals surface area (Å²) in [7, 11) is 0. The lowest BCUT2D eigenvalue weighted by molar-refractivity contribution is 0.0442. The zero-order chi connectivity index (χ0) is 24.9. The number of pyridine rings is 1. The number of carbonyl (C=O) groups is 2. The molecular formula is C24H27FN4O5. The van der Waals surface area contributed by atoms with Crippen LogP contribution in [0.3, 0.4) is 0 Å². The third-order valence-corrected chi connectivity index (χ3v) is 4.64. The number of hydrogen-bond donors (Lipinski definition) is 1. The van der Waals surface area contributed by atoms with Crippen LogP contribution in [0.2, 0.25) is 0 Å². The maximum absolute atomic E-state index is 14.5. The van der Waals surface area contributed by atoms with Gasteiger partial charge in [0.2, 0.25) is 5.89 Å². The normalized spacial score (nSPS) is 13.1. The minimum absolute atomic E-state index is 0.0334. The van der Waals surface area contributed by atoms with Gasteiger partial charge in [-0.3, -0.25) is 0 Å². The van der Waals surface area contributed by atoms with Gasteiger partial charge in [0.15, 0.2) is 5.82 Å². The SMILES string of the molecule is CCOC(=O)c1cc(-c2nnc(C(C)(Cc3ccccc3)NC(=O)OC(C)(C)C)o2)c(F)cn1. The molecule has 0 aliphatic heterocycles. The zero-order valence-corrected chi connectivity index (χ0v) is 19.7. The lowest BCUT2D eigenvalue weighted by Gasteiger charge is -2.29. The molecular weight excluding hydrogens is 443 g/mol. The highest BCUT2D eigenvalue weighted by molar-refractivity contribution is 5.88. The van der Waals surface area contributed by atoms with E-state index >= 15 is 0 Å². The molecule has 34 heavy (non-hydrogen) atoms. The molecule has 3 rings (SSSR count). The van der Waals surface area contributed by atoms with Crippen LogP contribution in [0.4, 0.5) is 9.18 Å². The summed E-state index contributed by atoms with van der Waals surface area (Å²) in [5.74, 6) is -1.60. The van der Waals surface area contributed by atoms with E-state index in [1.165, 1.54) is 6.07 Å². The molecule has 180 valence electrons. The Bertz CT molecular complexity index is 1160. The first kappa shape index (κ1) is 24.8. The Kier molecular flexibility index (Phi) is 7.29. The lowest BCUT2D eigenvalue weighted by atomic mass is 9.92. The van der Waals surface area contributed by atoms with Crippen molar-refractivity contribution < 1.29 is 27.9 Å². The number of hydrogen-bond acceptors (Lipinski definition) is 8. The van der Waals surface area contributed by atoms with Gasteiger partial charge in [-0.1, -0.05) is 30.3 Å². The molecule has 9 nitrogen and oxygen atoms in total. The standard InChI is InChI=1S/C24H27FN4O5/c1-6-32-20(30)18-12-16(17(25)14-26-18)19-28-29-21(33-19)24(5,13-15-10-8-7-9-11-15)27-22(31)34-23(2,3)4/h7-12,14H,6,13H2,1-5H3,(H,27,31). The van der Waals surface area contributed by atoms with Crippen LogP contribution in [0.15, 0.2) is 47.0 Å². The topological polar surface area (TPSA) is 116 Å². The van der Waals surface area contributed by atoms with E-state index in [-0.39, 0.29) is 29.6 Å². The second-order valence-corrected chi connectivity index (χ2v) is 8.80. The van der Waals surface area contributed by atoms with Gasteiger partial charge in [-0.15, -0.1) is 10.2 Å². The molecule has 0 radical (unpaired) electrons. The van der Waals surface area contributed by atoms with Gasteiger partial charge >= 0.3 is 12.1 Å². The highest BCUT2D eigenvalue weighted by Crippen LogP contribution is 2.29. The molecule has 0 saturated carbocycles. The van der Waals surface area contributed by atoms with E-state index in [9.17, 15) is 14.0 Å². The van der Waals surface area contributed by atoms with Gasteiger partial charge in [-0.05, 0) is 46.2 Å². The van der Waals surface area contributed by atoms with Crippen LogP contribution in [0, 0.1) is 5.82 Å². The highest BCUT2D eigenvalue weighted by atomic mass is 19.1. The number of aromatic nitrogens is 3. The van der Waals surface area contributed by atoms with E-state index in [4.69, 9.17) is 13.9 Å². The third-order valence-electron chi connectivity index (χ3n) is 4.64. The maximum Gasteiger partial charge on any atom is 0.408 e. The number of rotatable bonds is 7. The average molecular weight is 471 g/mol. The highest BCUT2D eigenvalue weighted by Gasteiger charge is 2.37. The van der Waals surface area contributed by atoms with Gasteiger partial charge in [0, 0.05) is 6.42 Å². The van der Waals surface area contributed by atoms with E-state index in [1.54, 1.807) is 34.6 Å². The number of ether oxygens (including phenoxy) is 2. The van der Waals surface area contributed by atoms with Crippen molar-refractivity contribution in [2.75, 3.05) is 6.61 Å². The summed E-state index contributed by atoms with van der Waals surface area (Å²) < 4.78 is 30.6. The van der Waals surface area contributed by atoms with Crippen molar-refractivity contribution in [2.45, 2.75) is 52.2 Å².